The summed E-state index contributed by atoms with van der Waals surface area (Å²) in [5, 5.41) is 2.39. The van der Waals surface area contributed by atoms with Crippen LogP contribution in [-0.2, 0) is 5.41 Å². The van der Waals surface area contributed by atoms with Gasteiger partial charge in [0.25, 0.3) is 0 Å². The standard InChI is InChI=1S/C51H34N4O.C48H34N4O/c1-5-16-33(17-6-1)37-30-38(34-18-7-2-8-19-34)32-39(31-37)55-43-26-14-13-24-40(43)47-44(55)29-28-41-46-42(25-15-27-45(46)56-48(41)47)51-53-49(35-20-9-3-10-21-35)52-50(54-51)36-22-11-4-12-23-36;1-48(2)37-21-11-9-18-32(37)33-25-24-30(28-38(33)48)46-49-45(29-14-5-3-6-15-29)50-47(51-46)36-20-13-23-41-42(36)35-26-27-40-43(44(35)53-41)34-19-10-12-22-39(34)52(40)31-16-7-4-8-17-31/h1-32,41,48H;3-28,35,44H,1-2H3. The highest BCUT2D eigenvalue weighted by Crippen LogP contribution is 2.58. The zero-order valence-corrected chi connectivity index (χ0v) is 59.7. The van der Waals surface area contributed by atoms with Crippen molar-refractivity contribution in [2.75, 3.05) is 0 Å². The van der Waals surface area contributed by atoms with Crippen LogP contribution >= 0.6 is 0 Å². The van der Waals surface area contributed by atoms with Gasteiger partial charge in [0.05, 0.1) is 22.4 Å². The lowest BCUT2D eigenvalue weighted by Gasteiger charge is -2.23. The molecule has 516 valence electrons. The number of hydrogen-bond donors (Lipinski definition) is 0. The summed E-state index contributed by atoms with van der Waals surface area (Å²) in [5.74, 6) is 5.52. The third-order valence-corrected chi connectivity index (χ3v) is 22.4. The Morgan fingerprint density at radius 3 is 1.13 bits per heavy atom. The number of para-hydroxylation sites is 3. The molecular weight excluding hydrogens is 1330 g/mol. The van der Waals surface area contributed by atoms with Crippen LogP contribution in [0.4, 0.5) is 0 Å². The molecule has 10 nitrogen and oxygen atoms in total. The Morgan fingerprint density at radius 2 is 0.651 bits per heavy atom. The largest absolute Gasteiger partial charge is 0.484 e. The van der Waals surface area contributed by atoms with Gasteiger partial charge in [0.2, 0.25) is 0 Å². The van der Waals surface area contributed by atoms with Gasteiger partial charge in [-0.15, -0.1) is 0 Å². The molecule has 109 heavy (non-hydrogen) atoms. The summed E-state index contributed by atoms with van der Waals surface area (Å²) in [6, 6.07) is 115. The van der Waals surface area contributed by atoms with Gasteiger partial charge in [-0.1, -0.05) is 293 Å². The molecule has 22 rings (SSSR count). The molecule has 4 atom stereocenters. The van der Waals surface area contributed by atoms with E-state index >= 15 is 0 Å². The van der Waals surface area contributed by atoms with E-state index in [1.165, 1.54) is 71.9 Å². The number of nitrogens with zero attached hydrogens (tertiary/aromatic N) is 8. The first-order valence-corrected chi connectivity index (χ1v) is 37.3. The molecule has 0 N–H and O–H groups in total. The van der Waals surface area contributed by atoms with Crippen LogP contribution < -0.4 is 9.47 Å². The third kappa shape index (κ3) is 10.6. The first-order valence-electron chi connectivity index (χ1n) is 37.3. The molecule has 0 radical (unpaired) electrons. The minimum Gasteiger partial charge on any atom is -0.484 e. The number of ether oxygens (including phenoxy) is 2. The molecule has 13 aromatic carbocycles. The first-order chi connectivity index (χ1) is 53.8. The van der Waals surface area contributed by atoms with E-state index in [2.05, 4.69) is 290 Å². The number of rotatable bonds is 10. The zero-order valence-electron chi connectivity index (χ0n) is 59.7. The summed E-state index contributed by atoms with van der Waals surface area (Å²) in [5.41, 5.74) is 26.9. The van der Waals surface area contributed by atoms with Crippen molar-refractivity contribution in [1.82, 2.24) is 39.0 Å². The predicted octanol–water partition coefficient (Wildman–Crippen LogP) is 23.8. The van der Waals surface area contributed by atoms with Gasteiger partial charge in [0, 0.05) is 95.0 Å². The molecule has 2 aliphatic heterocycles. The Labute approximate surface area is 631 Å². The van der Waals surface area contributed by atoms with Gasteiger partial charge in [-0.05, 0) is 117 Å². The fourth-order valence-electron chi connectivity index (χ4n) is 17.4. The van der Waals surface area contributed by atoms with Crippen LogP contribution in [0.2, 0.25) is 0 Å². The summed E-state index contributed by atoms with van der Waals surface area (Å²) in [6.07, 6.45) is 8.78. The minimum absolute atomic E-state index is 0.0107. The summed E-state index contributed by atoms with van der Waals surface area (Å²) >= 11 is 0. The second kappa shape index (κ2) is 25.7. The van der Waals surface area contributed by atoms with Gasteiger partial charge in [0.15, 0.2) is 34.9 Å². The van der Waals surface area contributed by atoms with E-state index < -0.39 is 0 Å². The maximum atomic E-state index is 7.04. The van der Waals surface area contributed by atoms with Gasteiger partial charge in [0.1, 0.15) is 23.7 Å². The van der Waals surface area contributed by atoms with Gasteiger partial charge < -0.3 is 18.6 Å². The molecule has 5 aliphatic rings. The molecule has 0 fully saturated rings. The molecule has 4 aromatic heterocycles. The number of hydrogen-bond acceptors (Lipinski definition) is 8. The molecule has 4 unspecified atom stereocenters. The fraction of sp³-hybridized carbons (Fsp3) is 0.0707. The maximum Gasteiger partial charge on any atom is 0.164 e. The van der Waals surface area contributed by atoms with E-state index in [9.17, 15) is 0 Å². The Bertz CT molecular complexity index is 6410. The highest BCUT2D eigenvalue weighted by atomic mass is 16.5. The minimum atomic E-state index is -0.229. The molecule has 17 aromatic rings. The van der Waals surface area contributed by atoms with Gasteiger partial charge in [-0.2, -0.15) is 0 Å². The molecule has 0 bridgehead atoms. The number of fused-ring (bicyclic) bond motifs is 17. The van der Waals surface area contributed by atoms with Crippen molar-refractivity contribution in [1.29, 1.82) is 0 Å². The lowest BCUT2D eigenvalue weighted by Crippen LogP contribution is -2.15. The van der Waals surface area contributed by atoms with Crippen LogP contribution in [0, 0.1) is 0 Å². The van der Waals surface area contributed by atoms with E-state index in [-0.39, 0.29) is 29.5 Å². The van der Waals surface area contributed by atoms with Crippen LogP contribution in [0.5, 0.6) is 11.5 Å². The topological polar surface area (TPSA) is 106 Å². The molecule has 3 aliphatic carbocycles. The van der Waals surface area contributed by atoms with Crippen molar-refractivity contribution in [3.63, 3.8) is 0 Å². The SMILES string of the molecule is C1=CC2c3c(cccc3-c3nc(-c4ccccc4)nc(-c4ccccc4)n3)OC2c2c1n(-c1cc(-c3ccccc3)cc(-c3ccccc3)c1)c1ccccc21.CC1(C)c2ccccc2-c2ccc(-c3nc(-c4ccccc4)nc(-c4cccc5c4C4C=Cc6c(c7ccccc7n6-c6ccccc6)C4O5)n3)cc21. The van der Waals surface area contributed by atoms with Crippen LogP contribution in [0.3, 0.4) is 0 Å². The Balaban J connectivity index is 0.000000139. The number of aromatic nitrogens is 8. The van der Waals surface area contributed by atoms with E-state index in [1.807, 2.05) is 84.9 Å². The van der Waals surface area contributed by atoms with Crippen molar-refractivity contribution in [3.8, 4) is 125 Å². The molecular formula is C99H68N8O2. The summed E-state index contributed by atoms with van der Waals surface area (Å²) < 4.78 is 18.8. The normalized spacial score (nSPS) is 16.1. The summed E-state index contributed by atoms with van der Waals surface area (Å²) in [4.78, 5) is 30.7. The molecule has 0 saturated carbocycles. The van der Waals surface area contributed by atoms with Gasteiger partial charge >= 0.3 is 0 Å². The van der Waals surface area contributed by atoms with Gasteiger partial charge in [-0.25, -0.2) is 29.9 Å². The molecule has 0 amide bonds. The summed E-state index contributed by atoms with van der Waals surface area (Å²) in [6.45, 7) is 4.61. The Hall–Kier alpha value is -14.0. The fourth-order valence-corrected chi connectivity index (χ4v) is 17.4. The second-order valence-corrected chi connectivity index (χ2v) is 29.1. The first kappa shape index (κ1) is 63.5. The van der Waals surface area contributed by atoms with Crippen LogP contribution in [0.1, 0.15) is 82.7 Å². The lowest BCUT2D eigenvalue weighted by molar-refractivity contribution is 0.224. The molecule has 10 heteroatoms. The zero-order chi connectivity index (χ0) is 72.3. The monoisotopic (exact) mass is 1400 g/mol. The van der Waals surface area contributed by atoms with Gasteiger partial charge in [-0.3, -0.25) is 0 Å². The van der Waals surface area contributed by atoms with E-state index in [1.54, 1.807) is 0 Å². The summed E-state index contributed by atoms with van der Waals surface area (Å²) in [7, 11) is 0. The Morgan fingerprint density at radius 1 is 0.275 bits per heavy atom. The van der Waals surface area contributed by atoms with Crippen molar-refractivity contribution in [2.24, 2.45) is 0 Å². The van der Waals surface area contributed by atoms with Crippen LogP contribution in [0.15, 0.2) is 340 Å². The van der Waals surface area contributed by atoms with Crippen molar-refractivity contribution >= 4 is 34.0 Å². The van der Waals surface area contributed by atoms with Crippen molar-refractivity contribution in [3.05, 3.63) is 385 Å². The van der Waals surface area contributed by atoms with Crippen LogP contribution in [0.25, 0.3) is 147 Å². The van der Waals surface area contributed by atoms with Crippen molar-refractivity contribution in [2.45, 2.75) is 43.3 Å². The maximum absolute atomic E-state index is 7.04. The second-order valence-electron chi connectivity index (χ2n) is 29.1. The van der Waals surface area contributed by atoms with E-state index in [4.69, 9.17) is 39.4 Å². The number of benzene rings is 13. The highest BCUT2D eigenvalue weighted by Gasteiger charge is 2.44. The highest BCUT2D eigenvalue weighted by molar-refractivity contribution is 5.95. The van der Waals surface area contributed by atoms with E-state index in [0.717, 1.165) is 84.3 Å². The quantitative estimate of drug-likeness (QED) is 0.133. The Kier molecular flexibility index (Phi) is 15.0. The van der Waals surface area contributed by atoms with Crippen molar-refractivity contribution < 1.29 is 9.47 Å². The smallest absolute Gasteiger partial charge is 0.164 e. The van der Waals surface area contributed by atoms with Crippen LogP contribution in [-0.4, -0.2) is 39.0 Å². The average Bonchev–Trinajstić information content (AvgIpc) is 1.56. The predicted molar refractivity (Wildman–Crippen MR) is 438 cm³/mol. The molecule has 6 heterocycles. The third-order valence-electron chi connectivity index (χ3n) is 22.4. The average molecular weight is 1400 g/mol. The lowest BCUT2D eigenvalue weighted by atomic mass is 9.82. The van der Waals surface area contributed by atoms with E-state index in [0.29, 0.717) is 34.9 Å². The molecule has 0 saturated heterocycles. The molecule has 0 spiro atoms.